The Hall–Kier alpha value is -1.29. The van der Waals surface area contributed by atoms with Gasteiger partial charge in [0.25, 0.3) is 0 Å². The summed E-state index contributed by atoms with van der Waals surface area (Å²) in [6.45, 7) is 9.51. The summed E-state index contributed by atoms with van der Waals surface area (Å²) in [5.74, 6) is 5.90. The van der Waals surface area contributed by atoms with Gasteiger partial charge in [0.2, 0.25) is 11.8 Å². The highest BCUT2D eigenvalue weighted by Crippen LogP contribution is 2.34. The number of alkyl halides is 1. The van der Waals surface area contributed by atoms with E-state index in [4.69, 9.17) is 16.3 Å². The van der Waals surface area contributed by atoms with Gasteiger partial charge in [0.1, 0.15) is 12.6 Å². The van der Waals surface area contributed by atoms with Crippen LogP contribution in [0.25, 0.3) is 0 Å². The van der Waals surface area contributed by atoms with Crippen LogP contribution < -0.4 is 10.6 Å². The third-order valence-electron chi connectivity index (χ3n) is 6.93. The van der Waals surface area contributed by atoms with E-state index in [1.54, 1.807) is 11.9 Å². The zero-order valence-electron chi connectivity index (χ0n) is 21.2. The molecule has 2 aliphatic rings. The molecule has 0 spiro atoms. The molecule has 1 saturated carbocycles. The lowest BCUT2D eigenvalue weighted by atomic mass is 9.79. The molecule has 188 valence electrons. The Morgan fingerprint density at radius 1 is 1.12 bits per heavy atom. The highest BCUT2D eigenvalue weighted by Gasteiger charge is 2.44. The van der Waals surface area contributed by atoms with Crippen LogP contribution in [0.1, 0.15) is 79.1 Å². The number of nitrogens with zero attached hydrogens (tertiary/aromatic N) is 1. The lowest BCUT2D eigenvalue weighted by Gasteiger charge is -2.38. The predicted octanol–water partition coefficient (Wildman–Crippen LogP) is 3.92. The summed E-state index contributed by atoms with van der Waals surface area (Å²) in [6, 6.07) is -0.496. The molecule has 7 heteroatoms. The van der Waals surface area contributed by atoms with Crippen LogP contribution in [-0.2, 0) is 14.3 Å². The molecule has 1 aliphatic carbocycles. The van der Waals surface area contributed by atoms with Crippen molar-refractivity contribution in [2.24, 2.45) is 17.3 Å². The van der Waals surface area contributed by atoms with Crippen molar-refractivity contribution < 1.29 is 14.3 Å². The Balaban J connectivity index is 2.10. The minimum atomic E-state index is -0.491. The Kier molecular flexibility index (Phi) is 11.5. The molecule has 33 heavy (non-hydrogen) atoms. The first kappa shape index (κ1) is 28.0. The van der Waals surface area contributed by atoms with Crippen LogP contribution >= 0.6 is 11.6 Å². The molecule has 2 amide bonds. The number of hydrogen-bond donors (Lipinski definition) is 2. The third kappa shape index (κ3) is 8.16. The van der Waals surface area contributed by atoms with Gasteiger partial charge in [-0.25, -0.2) is 0 Å². The Morgan fingerprint density at radius 3 is 2.42 bits per heavy atom. The van der Waals surface area contributed by atoms with E-state index in [1.807, 2.05) is 27.7 Å². The summed E-state index contributed by atoms with van der Waals surface area (Å²) in [5, 5.41) is 6.29. The SMILES string of the molecule is CCC#CCOCC(NC(=O)C1CCCN1C(=O)[C@@H](C(Cl)NC)C(C)(C)C)C1CCCCC1. The molecule has 3 unspecified atom stereocenters. The van der Waals surface area contributed by atoms with Crippen LogP contribution in [0, 0.1) is 29.1 Å². The number of carbonyl (C=O) groups is 2. The van der Waals surface area contributed by atoms with Gasteiger partial charge in [-0.3, -0.25) is 9.59 Å². The topological polar surface area (TPSA) is 70.7 Å². The van der Waals surface area contributed by atoms with E-state index < -0.39 is 17.5 Å². The van der Waals surface area contributed by atoms with Crippen molar-refractivity contribution in [1.29, 1.82) is 0 Å². The maximum Gasteiger partial charge on any atom is 0.243 e. The first-order valence-electron chi connectivity index (χ1n) is 12.7. The van der Waals surface area contributed by atoms with Gasteiger partial charge in [0, 0.05) is 13.0 Å². The Labute approximate surface area is 205 Å². The summed E-state index contributed by atoms with van der Waals surface area (Å²) in [4.78, 5) is 28.7. The summed E-state index contributed by atoms with van der Waals surface area (Å²) in [6.07, 6.45) is 8.15. The number of nitrogens with one attached hydrogen (secondary N) is 2. The van der Waals surface area contributed by atoms with Crippen LogP contribution in [0.15, 0.2) is 0 Å². The minimum absolute atomic E-state index is 0.0460. The zero-order valence-corrected chi connectivity index (χ0v) is 22.0. The van der Waals surface area contributed by atoms with Crippen molar-refractivity contribution in [1.82, 2.24) is 15.5 Å². The highest BCUT2D eigenvalue weighted by molar-refractivity contribution is 6.22. The molecule has 1 saturated heterocycles. The van der Waals surface area contributed by atoms with E-state index in [-0.39, 0.29) is 23.3 Å². The molecule has 2 N–H and O–H groups in total. The number of likely N-dealkylation sites (tertiary alicyclic amines) is 1. The van der Waals surface area contributed by atoms with E-state index in [0.29, 0.717) is 32.1 Å². The van der Waals surface area contributed by atoms with Crippen molar-refractivity contribution >= 4 is 23.4 Å². The molecule has 2 rings (SSSR count). The van der Waals surface area contributed by atoms with Crippen molar-refractivity contribution in [3.05, 3.63) is 0 Å². The average Bonchev–Trinajstić information content (AvgIpc) is 3.28. The smallest absolute Gasteiger partial charge is 0.243 e. The maximum absolute atomic E-state index is 13.5. The van der Waals surface area contributed by atoms with Gasteiger partial charge in [-0.05, 0) is 44.1 Å². The lowest BCUT2D eigenvalue weighted by molar-refractivity contribution is -0.145. The maximum atomic E-state index is 13.5. The molecule has 1 aliphatic heterocycles. The van der Waals surface area contributed by atoms with Gasteiger partial charge >= 0.3 is 0 Å². The third-order valence-corrected chi connectivity index (χ3v) is 7.40. The van der Waals surface area contributed by atoms with Gasteiger partial charge in [-0.2, -0.15) is 0 Å². The molecule has 0 aromatic heterocycles. The number of carbonyl (C=O) groups excluding carboxylic acids is 2. The Morgan fingerprint density at radius 2 is 1.82 bits per heavy atom. The van der Waals surface area contributed by atoms with E-state index in [9.17, 15) is 9.59 Å². The van der Waals surface area contributed by atoms with Crippen LogP contribution in [0.3, 0.4) is 0 Å². The van der Waals surface area contributed by atoms with Crippen LogP contribution in [-0.4, -0.2) is 61.1 Å². The van der Waals surface area contributed by atoms with Crippen LogP contribution in [0.4, 0.5) is 0 Å². The molecular formula is C26H44ClN3O3. The highest BCUT2D eigenvalue weighted by atomic mass is 35.5. The number of hydrogen-bond acceptors (Lipinski definition) is 4. The first-order valence-corrected chi connectivity index (χ1v) is 13.1. The van der Waals surface area contributed by atoms with Gasteiger partial charge in [-0.15, -0.1) is 17.5 Å². The van der Waals surface area contributed by atoms with Crippen LogP contribution in [0.5, 0.6) is 0 Å². The molecule has 2 fully saturated rings. The summed E-state index contributed by atoms with van der Waals surface area (Å²) in [5.41, 5.74) is -0.817. The van der Waals surface area contributed by atoms with E-state index in [1.165, 1.54) is 19.3 Å². The van der Waals surface area contributed by atoms with Crippen molar-refractivity contribution in [2.75, 3.05) is 26.8 Å². The summed E-state index contributed by atoms with van der Waals surface area (Å²) in [7, 11) is 1.76. The second-order valence-corrected chi connectivity index (χ2v) is 10.9. The Bertz CT molecular complexity index is 691. The second-order valence-electron chi connectivity index (χ2n) is 10.5. The lowest BCUT2D eigenvalue weighted by Crippen LogP contribution is -2.55. The number of ether oxygens (including phenoxy) is 1. The van der Waals surface area contributed by atoms with E-state index in [0.717, 1.165) is 25.7 Å². The van der Waals surface area contributed by atoms with E-state index in [2.05, 4.69) is 22.5 Å². The second kappa shape index (κ2) is 13.6. The normalized spacial score (nSPS) is 22.2. The molecule has 0 aromatic carbocycles. The molecule has 1 heterocycles. The minimum Gasteiger partial charge on any atom is -0.367 e. The van der Waals surface area contributed by atoms with Gasteiger partial charge < -0.3 is 20.3 Å². The average molecular weight is 482 g/mol. The fraction of sp³-hybridized carbons (Fsp3) is 0.846. The fourth-order valence-electron chi connectivity index (χ4n) is 5.11. The molecule has 4 atom stereocenters. The number of halogens is 1. The monoisotopic (exact) mass is 481 g/mol. The zero-order chi connectivity index (χ0) is 24.4. The first-order chi connectivity index (χ1) is 15.7. The van der Waals surface area contributed by atoms with Gasteiger partial charge in [-0.1, -0.05) is 52.9 Å². The predicted molar refractivity (Wildman–Crippen MR) is 134 cm³/mol. The largest absolute Gasteiger partial charge is 0.367 e. The molecule has 0 bridgehead atoms. The number of rotatable bonds is 9. The molecule has 0 radical (unpaired) electrons. The van der Waals surface area contributed by atoms with E-state index >= 15 is 0 Å². The quantitative estimate of drug-likeness (QED) is 0.226. The molecular weight excluding hydrogens is 438 g/mol. The van der Waals surface area contributed by atoms with Crippen LogP contribution in [0.2, 0.25) is 0 Å². The van der Waals surface area contributed by atoms with Crippen molar-refractivity contribution in [3.63, 3.8) is 0 Å². The summed E-state index contributed by atoms with van der Waals surface area (Å²) < 4.78 is 5.82. The van der Waals surface area contributed by atoms with Crippen molar-refractivity contribution in [2.45, 2.75) is 96.6 Å². The standard InChI is InChI=1S/C26H44ClN3O3/c1-6-7-11-17-33-18-20(19-13-9-8-10-14-19)29-24(31)21-15-12-16-30(21)25(32)22(23(27)28-5)26(2,3)4/h19-23,28H,6,8-10,12-18H2,1-5H3,(H,29,31)/t20?,21?,22-,23?/m1/s1. The number of amides is 2. The summed E-state index contributed by atoms with van der Waals surface area (Å²) >= 11 is 6.51. The fourth-order valence-corrected chi connectivity index (χ4v) is 5.59. The van der Waals surface area contributed by atoms with Gasteiger partial charge in [0.05, 0.1) is 24.1 Å². The van der Waals surface area contributed by atoms with Gasteiger partial charge in [0.15, 0.2) is 0 Å². The molecule has 6 nitrogen and oxygen atoms in total. The molecule has 0 aromatic rings. The van der Waals surface area contributed by atoms with Crippen molar-refractivity contribution in [3.8, 4) is 11.8 Å².